The van der Waals surface area contributed by atoms with Gasteiger partial charge in [0.2, 0.25) is 0 Å². The van der Waals surface area contributed by atoms with E-state index in [0.29, 0.717) is 20.8 Å². The average molecular weight is 374 g/mol. The third-order valence-electron chi connectivity index (χ3n) is 2.75. The van der Waals surface area contributed by atoms with Crippen molar-refractivity contribution in [2.24, 2.45) is 10.9 Å². The molecule has 4 nitrogen and oxygen atoms in total. The normalized spacial score (nSPS) is 11.5. The lowest BCUT2D eigenvalue weighted by Crippen LogP contribution is -2.15. The number of hydrogen-bond donors (Lipinski definition) is 2. The van der Waals surface area contributed by atoms with Crippen LogP contribution in [-0.2, 0) is 6.61 Å². The summed E-state index contributed by atoms with van der Waals surface area (Å²) in [5.74, 6) is -0.193. The Bertz CT molecular complexity index is 695. The summed E-state index contributed by atoms with van der Waals surface area (Å²) in [5.41, 5.74) is 6.50. The van der Waals surface area contributed by atoms with E-state index in [1.165, 1.54) is 6.07 Å². The molecule has 2 aromatic carbocycles. The van der Waals surface area contributed by atoms with E-state index >= 15 is 0 Å². The molecular weight excluding hydrogens is 363 g/mol. The molecule has 0 aliphatic carbocycles. The number of ether oxygens (including phenoxy) is 1. The number of hydrogen-bond acceptors (Lipinski definition) is 3. The van der Waals surface area contributed by atoms with Crippen molar-refractivity contribution in [3.05, 3.63) is 62.8 Å². The van der Waals surface area contributed by atoms with Crippen molar-refractivity contribution in [3.63, 3.8) is 0 Å². The molecule has 2 rings (SSSR count). The number of benzene rings is 2. The minimum atomic E-state index is -0.376. The highest BCUT2D eigenvalue weighted by atomic mass is 79.9. The number of halogens is 3. The molecule has 7 heteroatoms. The molecule has 110 valence electrons. The number of oxime groups is 1. The van der Waals surface area contributed by atoms with Crippen LogP contribution >= 0.6 is 27.5 Å². The van der Waals surface area contributed by atoms with Crippen LogP contribution in [0.4, 0.5) is 4.39 Å². The monoisotopic (exact) mass is 372 g/mol. The maximum atomic E-state index is 13.4. The third kappa shape index (κ3) is 3.46. The van der Waals surface area contributed by atoms with E-state index in [9.17, 15) is 4.39 Å². The van der Waals surface area contributed by atoms with E-state index in [0.717, 1.165) is 0 Å². The lowest BCUT2D eigenvalue weighted by atomic mass is 10.2. The summed E-state index contributed by atoms with van der Waals surface area (Å²) in [6, 6.07) is 9.55. The Kier molecular flexibility index (Phi) is 5.03. The summed E-state index contributed by atoms with van der Waals surface area (Å²) in [6.45, 7) is 0.102. The van der Waals surface area contributed by atoms with Gasteiger partial charge < -0.3 is 15.7 Å². The highest BCUT2D eigenvalue weighted by molar-refractivity contribution is 9.10. The topological polar surface area (TPSA) is 67.8 Å². The first-order valence-electron chi connectivity index (χ1n) is 5.86. The summed E-state index contributed by atoms with van der Waals surface area (Å²) < 4.78 is 19.4. The SMILES string of the molecule is N/C(=N/O)c1c(Cl)cccc1OCc1cccc(F)c1Br. The number of nitrogens with zero attached hydrogens (tertiary/aromatic N) is 1. The highest BCUT2D eigenvalue weighted by Gasteiger charge is 2.14. The van der Waals surface area contributed by atoms with Crippen molar-refractivity contribution in [2.45, 2.75) is 6.61 Å². The van der Waals surface area contributed by atoms with Gasteiger partial charge in [0.15, 0.2) is 5.84 Å². The standard InChI is InChI=1S/C14H11BrClFN2O2/c15-13-8(3-1-5-10(13)17)7-21-11-6-2-4-9(16)12(11)14(18)19-20/h1-6,20H,7H2,(H2,18,19). The molecule has 0 saturated carbocycles. The number of rotatable bonds is 4. The predicted octanol–water partition coefficient (Wildman–Crippen LogP) is 3.92. The zero-order chi connectivity index (χ0) is 15.4. The molecule has 0 unspecified atom stereocenters. The third-order valence-corrected chi connectivity index (χ3v) is 3.96. The second kappa shape index (κ2) is 6.78. The fourth-order valence-corrected chi connectivity index (χ4v) is 2.38. The summed E-state index contributed by atoms with van der Waals surface area (Å²) in [5, 5.41) is 12.0. The van der Waals surface area contributed by atoms with E-state index in [1.807, 2.05) is 0 Å². The number of nitrogens with two attached hydrogens (primary N) is 1. The second-order valence-electron chi connectivity index (χ2n) is 4.10. The Morgan fingerprint density at radius 2 is 2.05 bits per heavy atom. The number of amidine groups is 1. The summed E-state index contributed by atoms with van der Waals surface area (Å²) >= 11 is 9.18. The van der Waals surface area contributed by atoms with Crippen LogP contribution < -0.4 is 10.5 Å². The highest BCUT2D eigenvalue weighted by Crippen LogP contribution is 2.28. The van der Waals surface area contributed by atoms with Gasteiger partial charge in [-0.25, -0.2) is 4.39 Å². The van der Waals surface area contributed by atoms with Crippen LogP contribution in [0, 0.1) is 5.82 Å². The van der Waals surface area contributed by atoms with Crippen molar-refractivity contribution in [2.75, 3.05) is 0 Å². The molecule has 0 heterocycles. The van der Waals surface area contributed by atoms with Crippen LogP contribution in [0.1, 0.15) is 11.1 Å². The molecule has 0 aliphatic rings. The van der Waals surface area contributed by atoms with Gasteiger partial charge in [-0.3, -0.25) is 0 Å². The maximum Gasteiger partial charge on any atom is 0.175 e. The van der Waals surface area contributed by atoms with Gasteiger partial charge in [-0.15, -0.1) is 0 Å². The fourth-order valence-electron chi connectivity index (χ4n) is 1.74. The molecule has 3 N–H and O–H groups in total. The minimum Gasteiger partial charge on any atom is -0.488 e. The van der Waals surface area contributed by atoms with Crippen LogP contribution in [0.15, 0.2) is 46.0 Å². The van der Waals surface area contributed by atoms with Gasteiger partial charge in [0.25, 0.3) is 0 Å². The van der Waals surface area contributed by atoms with Crippen molar-refractivity contribution in [1.82, 2.24) is 0 Å². The first kappa shape index (κ1) is 15.6. The predicted molar refractivity (Wildman–Crippen MR) is 82.4 cm³/mol. The largest absolute Gasteiger partial charge is 0.488 e. The van der Waals surface area contributed by atoms with Gasteiger partial charge in [-0.05, 0) is 34.1 Å². The zero-order valence-electron chi connectivity index (χ0n) is 10.7. The summed E-state index contributed by atoms with van der Waals surface area (Å²) in [6.07, 6.45) is 0. The van der Waals surface area contributed by atoms with Crippen LogP contribution in [0.3, 0.4) is 0 Å². The van der Waals surface area contributed by atoms with Gasteiger partial charge in [0.1, 0.15) is 18.2 Å². The van der Waals surface area contributed by atoms with Crippen LogP contribution in [-0.4, -0.2) is 11.0 Å². The van der Waals surface area contributed by atoms with E-state index in [4.69, 9.17) is 27.3 Å². The summed E-state index contributed by atoms with van der Waals surface area (Å²) in [7, 11) is 0. The van der Waals surface area contributed by atoms with Gasteiger partial charge in [0, 0.05) is 5.56 Å². The van der Waals surface area contributed by atoms with Crippen molar-refractivity contribution in [3.8, 4) is 5.75 Å². The van der Waals surface area contributed by atoms with Crippen LogP contribution in [0.5, 0.6) is 5.75 Å². The molecule has 0 bridgehead atoms. The Balaban J connectivity index is 2.29. The maximum absolute atomic E-state index is 13.4. The molecule has 0 amide bonds. The lowest BCUT2D eigenvalue weighted by molar-refractivity contribution is 0.302. The molecule has 2 aromatic rings. The second-order valence-corrected chi connectivity index (χ2v) is 5.30. The van der Waals surface area contributed by atoms with Crippen LogP contribution in [0.25, 0.3) is 0 Å². The molecule has 0 atom stereocenters. The Morgan fingerprint density at radius 1 is 1.33 bits per heavy atom. The molecule has 0 fully saturated rings. The Hall–Kier alpha value is -1.79. The van der Waals surface area contributed by atoms with Crippen LogP contribution in [0.2, 0.25) is 5.02 Å². The molecule has 0 aliphatic heterocycles. The molecule has 0 spiro atoms. The van der Waals surface area contributed by atoms with Crippen molar-refractivity contribution < 1.29 is 14.3 Å². The molecule has 0 aromatic heterocycles. The molecule has 0 saturated heterocycles. The first-order chi connectivity index (χ1) is 10.0. The molecule has 0 radical (unpaired) electrons. The average Bonchev–Trinajstić information content (AvgIpc) is 2.48. The van der Waals surface area contributed by atoms with E-state index in [1.54, 1.807) is 30.3 Å². The van der Waals surface area contributed by atoms with E-state index in [2.05, 4.69) is 21.1 Å². The van der Waals surface area contributed by atoms with Gasteiger partial charge in [0.05, 0.1) is 15.1 Å². The lowest BCUT2D eigenvalue weighted by Gasteiger charge is -2.13. The van der Waals surface area contributed by atoms with Crippen molar-refractivity contribution in [1.29, 1.82) is 0 Å². The fraction of sp³-hybridized carbons (Fsp3) is 0.0714. The van der Waals surface area contributed by atoms with Crippen molar-refractivity contribution >= 4 is 33.4 Å². The molecule has 21 heavy (non-hydrogen) atoms. The Morgan fingerprint density at radius 3 is 2.76 bits per heavy atom. The summed E-state index contributed by atoms with van der Waals surface area (Å²) in [4.78, 5) is 0. The quantitative estimate of drug-likeness (QED) is 0.369. The first-order valence-corrected chi connectivity index (χ1v) is 7.03. The van der Waals surface area contributed by atoms with Gasteiger partial charge in [-0.1, -0.05) is 35.0 Å². The van der Waals surface area contributed by atoms with Gasteiger partial charge >= 0.3 is 0 Å². The molecular formula is C14H11BrClFN2O2. The van der Waals surface area contributed by atoms with Gasteiger partial charge in [-0.2, -0.15) is 0 Å². The minimum absolute atomic E-state index is 0.102. The Labute approximate surface area is 134 Å². The zero-order valence-corrected chi connectivity index (χ0v) is 13.0. The van der Waals surface area contributed by atoms with E-state index < -0.39 is 0 Å². The smallest absolute Gasteiger partial charge is 0.175 e. The van der Waals surface area contributed by atoms with E-state index in [-0.39, 0.29) is 23.8 Å².